The van der Waals surface area contributed by atoms with Gasteiger partial charge < -0.3 is 5.32 Å². The standard InChI is InChI=1S/C15H19NO/c17-14-13-7-2-1-5-12(13)6-3-8-15(14)9-4-10-16-11-15/h1-2,5,7,16H,3-4,6,8-11H2. The molecule has 1 aliphatic carbocycles. The Hall–Kier alpha value is -1.15. The summed E-state index contributed by atoms with van der Waals surface area (Å²) in [6, 6.07) is 8.16. The monoisotopic (exact) mass is 229 g/mol. The smallest absolute Gasteiger partial charge is 0.170 e. The van der Waals surface area contributed by atoms with Crippen LogP contribution in [-0.2, 0) is 6.42 Å². The zero-order valence-electron chi connectivity index (χ0n) is 10.2. The minimum Gasteiger partial charge on any atom is -0.316 e. The number of carbonyl (C=O) groups excluding carboxylic acids is 1. The summed E-state index contributed by atoms with van der Waals surface area (Å²) in [5, 5.41) is 3.41. The number of piperidine rings is 1. The minimum absolute atomic E-state index is 0.106. The SMILES string of the molecule is O=C1c2ccccc2CCCC12CCCNC2. The van der Waals surface area contributed by atoms with E-state index in [1.807, 2.05) is 18.2 Å². The van der Waals surface area contributed by atoms with Gasteiger partial charge >= 0.3 is 0 Å². The van der Waals surface area contributed by atoms with Crippen LogP contribution >= 0.6 is 0 Å². The maximum absolute atomic E-state index is 12.8. The number of rotatable bonds is 0. The lowest BCUT2D eigenvalue weighted by molar-refractivity contribution is 0.0724. The summed E-state index contributed by atoms with van der Waals surface area (Å²) < 4.78 is 0. The third-order valence-electron chi connectivity index (χ3n) is 4.32. The Balaban J connectivity index is 2.02. The van der Waals surface area contributed by atoms with E-state index in [9.17, 15) is 4.79 Å². The van der Waals surface area contributed by atoms with Gasteiger partial charge in [0.05, 0.1) is 0 Å². The van der Waals surface area contributed by atoms with Crippen LogP contribution in [0.25, 0.3) is 0 Å². The van der Waals surface area contributed by atoms with Crippen molar-refractivity contribution in [1.82, 2.24) is 5.32 Å². The van der Waals surface area contributed by atoms with Crippen molar-refractivity contribution in [3.8, 4) is 0 Å². The summed E-state index contributed by atoms with van der Waals surface area (Å²) in [5.41, 5.74) is 2.12. The Kier molecular flexibility index (Phi) is 2.75. The highest BCUT2D eigenvalue weighted by Gasteiger charge is 2.41. The minimum atomic E-state index is -0.106. The van der Waals surface area contributed by atoms with Crippen LogP contribution in [0, 0.1) is 5.41 Å². The fourth-order valence-electron chi connectivity index (χ4n) is 3.35. The van der Waals surface area contributed by atoms with E-state index in [4.69, 9.17) is 0 Å². The molecule has 2 nitrogen and oxygen atoms in total. The second-order valence-electron chi connectivity index (χ2n) is 5.40. The molecular formula is C15H19NO. The van der Waals surface area contributed by atoms with Gasteiger partial charge in [0.25, 0.3) is 0 Å². The number of hydrogen-bond donors (Lipinski definition) is 1. The molecule has 0 aromatic heterocycles. The lowest BCUT2D eigenvalue weighted by atomic mass is 9.72. The van der Waals surface area contributed by atoms with Crippen LogP contribution in [0.2, 0.25) is 0 Å². The summed E-state index contributed by atoms with van der Waals surface area (Å²) in [6.45, 7) is 1.94. The molecule has 1 heterocycles. The first kappa shape index (κ1) is 11.0. The zero-order valence-corrected chi connectivity index (χ0v) is 10.2. The van der Waals surface area contributed by atoms with E-state index in [1.54, 1.807) is 0 Å². The number of hydrogen-bond acceptors (Lipinski definition) is 2. The fraction of sp³-hybridized carbons (Fsp3) is 0.533. The van der Waals surface area contributed by atoms with Gasteiger partial charge in [-0.25, -0.2) is 0 Å². The maximum Gasteiger partial charge on any atom is 0.170 e. The fourth-order valence-corrected chi connectivity index (χ4v) is 3.35. The first-order chi connectivity index (χ1) is 8.32. The molecule has 1 saturated heterocycles. The van der Waals surface area contributed by atoms with Crippen molar-refractivity contribution in [2.75, 3.05) is 13.1 Å². The molecule has 3 rings (SSSR count). The molecule has 1 unspecified atom stereocenters. The topological polar surface area (TPSA) is 29.1 Å². The molecule has 1 atom stereocenters. The van der Waals surface area contributed by atoms with Gasteiger partial charge in [-0.05, 0) is 44.2 Å². The van der Waals surface area contributed by atoms with E-state index in [1.165, 1.54) is 5.56 Å². The lowest BCUT2D eigenvalue weighted by Gasteiger charge is -2.35. The van der Waals surface area contributed by atoms with Crippen LogP contribution in [0.4, 0.5) is 0 Å². The summed E-state index contributed by atoms with van der Waals surface area (Å²) in [6.07, 6.45) is 5.45. The molecule has 0 saturated carbocycles. The number of Topliss-reactive ketones (excluding diaryl/α,β-unsaturated/α-hetero) is 1. The molecule has 1 N–H and O–H groups in total. The van der Waals surface area contributed by atoms with Gasteiger partial charge in [0.1, 0.15) is 0 Å². The van der Waals surface area contributed by atoms with Crippen molar-refractivity contribution in [2.24, 2.45) is 5.41 Å². The van der Waals surface area contributed by atoms with Crippen LogP contribution in [0.1, 0.15) is 41.6 Å². The second kappa shape index (κ2) is 4.26. The number of nitrogens with one attached hydrogen (secondary N) is 1. The van der Waals surface area contributed by atoms with E-state index in [2.05, 4.69) is 11.4 Å². The molecule has 1 aromatic rings. The largest absolute Gasteiger partial charge is 0.316 e. The molecule has 0 radical (unpaired) electrons. The van der Waals surface area contributed by atoms with Crippen molar-refractivity contribution in [3.05, 3.63) is 35.4 Å². The number of carbonyl (C=O) groups is 1. The molecule has 0 bridgehead atoms. The molecule has 2 heteroatoms. The van der Waals surface area contributed by atoms with Crippen LogP contribution in [-0.4, -0.2) is 18.9 Å². The number of aryl methyl sites for hydroxylation is 1. The highest BCUT2D eigenvalue weighted by atomic mass is 16.1. The molecule has 1 aliphatic heterocycles. The third kappa shape index (κ3) is 1.81. The van der Waals surface area contributed by atoms with Crippen LogP contribution < -0.4 is 5.32 Å². The Bertz CT molecular complexity index is 432. The van der Waals surface area contributed by atoms with E-state index < -0.39 is 0 Å². The van der Waals surface area contributed by atoms with E-state index >= 15 is 0 Å². The summed E-state index contributed by atoms with van der Waals surface area (Å²) in [7, 11) is 0. The van der Waals surface area contributed by atoms with Gasteiger partial charge in [-0.15, -0.1) is 0 Å². The highest BCUT2D eigenvalue weighted by molar-refractivity contribution is 6.02. The van der Waals surface area contributed by atoms with E-state index in [0.717, 1.165) is 50.8 Å². The van der Waals surface area contributed by atoms with Crippen molar-refractivity contribution < 1.29 is 4.79 Å². The van der Waals surface area contributed by atoms with Gasteiger partial charge in [-0.1, -0.05) is 24.3 Å². The molecule has 1 spiro atoms. The molecule has 90 valence electrons. The first-order valence-electron chi connectivity index (χ1n) is 6.65. The average Bonchev–Trinajstić information content (AvgIpc) is 2.51. The van der Waals surface area contributed by atoms with Gasteiger partial charge in [-0.3, -0.25) is 4.79 Å². The lowest BCUT2D eigenvalue weighted by Crippen LogP contribution is -2.45. The van der Waals surface area contributed by atoms with Gasteiger partial charge in [0, 0.05) is 17.5 Å². The third-order valence-corrected chi connectivity index (χ3v) is 4.32. The van der Waals surface area contributed by atoms with Gasteiger partial charge in [0.15, 0.2) is 5.78 Å². The Morgan fingerprint density at radius 3 is 2.76 bits per heavy atom. The Morgan fingerprint density at radius 2 is 1.94 bits per heavy atom. The summed E-state index contributed by atoms with van der Waals surface area (Å²) >= 11 is 0. The maximum atomic E-state index is 12.8. The van der Waals surface area contributed by atoms with Crippen LogP contribution in [0.15, 0.2) is 24.3 Å². The summed E-state index contributed by atoms with van der Waals surface area (Å²) in [4.78, 5) is 12.8. The molecule has 17 heavy (non-hydrogen) atoms. The number of ketones is 1. The average molecular weight is 229 g/mol. The Morgan fingerprint density at radius 1 is 1.12 bits per heavy atom. The molecule has 2 aliphatic rings. The van der Waals surface area contributed by atoms with Crippen molar-refractivity contribution >= 4 is 5.78 Å². The first-order valence-corrected chi connectivity index (χ1v) is 6.65. The Labute approximate surface area is 102 Å². The second-order valence-corrected chi connectivity index (χ2v) is 5.40. The van der Waals surface area contributed by atoms with E-state index in [0.29, 0.717) is 5.78 Å². The van der Waals surface area contributed by atoms with Crippen LogP contribution in [0.5, 0.6) is 0 Å². The normalized spacial score (nSPS) is 28.8. The predicted octanol–water partition coefficient (Wildman–Crippen LogP) is 2.58. The zero-order chi connectivity index (χ0) is 11.7. The number of fused-ring (bicyclic) bond motifs is 1. The molecule has 1 fully saturated rings. The molecule has 0 amide bonds. The molecular weight excluding hydrogens is 210 g/mol. The van der Waals surface area contributed by atoms with Crippen molar-refractivity contribution in [1.29, 1.82) is 0 Å². The van der Waals surface area contributed by atoms with Gasteiger partial charge in [0.2, 0.25) is 0 Å². The summed E-state index contributed by atoms with van der Waals surface area (Å²) in [5.74, 6) is 0.387. The molecule has 1 aromatic carbocycles. The van der Waals surface area contributed by atoms with E-state index in [-0.39, 0.29) is 5.41 Å². The van der Waals surface area contributed by atoms with Gasteiger partial charge in [-0.2, -0.15) is 0 Å². The number of benzene rings is 1. The van der Waals surface area contributed by atoms with Crippen LogP contribution in [0.3, 0.4) is 0 Å². The highest BCUT2D eigenvalue weighted by Crippen LogP contribution is 2.39. The van der Waals surface area contributed by atoms with Crippen molar-refractivity contribution in [3.63, 3.8) is 0 Å². The quantitative estimate of drug-likeness (QED) is 0.741. The van der Waals surface area contributed by atoms with Crippen molar-refractivity contribution in [2.45, 2.75) is 32.1 Å². The predicted molar refractivity (Wildman–Crippen MR) is 68.2 cm³/mol.